The van der Waals surface area contributed by atoms with Crippen molar-refractivity contribution in [3.63, 3.8) is 0 Å². The van der Waals surface area contributed by atoms with Gasteiger partial charge in [0.25, 0.3) is 0 Å². The Hall–Kier alpha value is -1.36. The molecule has 9 heteroatoms. The minimum absolute atomic E-state index is 0. The number of aliphatic imine (C=N–C) groups is 1. The van der Waals surface area contributed by atoms with E-state index in [4.69, 9.17) is 4.74 Å². The van der Waals surface area contributed by atoms with Crippen LogP contribution in [-0.2, 0) is 16.6 Å². The molecule has 154 valence electrons. The lowest BCUT2D eigenvalue weighted by Gasteiger charge is -2.34. The van der Waals surface area contributed by atoms with Gasteiger partial charge in [-0.05, 0) is 20.3 Å². The van der Waals surface area contributed by atoms with Crippen LogP contribution in [0.25, 0.3) is 0 Å². The van der Waals surface area contributed by atoms with E-state index in [1.54, 1.807) is 4.68 Å². The van der Waals surface area contributed by atoms with E-state index in [9.17, 15) is 4.79 Å². The summed E-state index contributed by atoms with van der Waals surface area (Å²) < 4.78 is 7.68. The van der Waals surface area contributed by atoms with Gasteiger partial charge in [-0.2, -0.15) is 5.10 Å². The van der Waals surface area contributed by atoms with Gasteiger partial charge in [0.2, 0.25) is 5.91 Å². The number of nitrogens with one attached hydrogen (secondary N) is 2. The fourth-order valence-corrected chi connectivity index (χ4v) is 2.79. The van der Waals surface area contributed by atoms with Crippen molar-refractivity contribution in [2.24, 2.45) is 12.0 Å². The average molecular weight is 492 g/mol. The van der Waals surface area contributed by atoms with Gasteiger partial charge in [-0.3, -0.25) is 14.5 Å². The number of aryl methyl sites for hydroxylation is 1. The molecule has 2 N–H and O–H groups in total. The zero-order chi connectivity index (χ0) is 18.9. The molecule has 0 saturated carbocycles. The highest BCUT2D eigenvalue weighted by molar-refractivity contribution is 14.0. The maximum absolute atomic E-state index is 11.9. The minimum Gasteiger partial charge on any atom is -0.370 e. The van der Waals surface area contributed by atoms with Crippen LogP contribution in [0.1, 0.15) is 45.3 Å². The number of guanidine groups is 1. The van der Waals surface area contributed by atoms with Crippen molar-refractivity contribution in [3.05, 3.63) is 18.0 Å². The zero-order valence-electron chi connectivity index (χ0n) is 16.8. The van der Waals surface area contributed by atoms with Crippen LogP contribution in [-0.4, -0.2) is 65.4 Å². The molecule has 8 nitrogen and oxygen atoms in total. The molecule has 1 saturated heterocycles. The number of hydrogen-bond donors (Lipinski definition) is 2. The van der Waals surface area contributed by atoms with E-state index in [2.05, 4.69) is 32.5 Å². The summed E-state index contributed by atoms with van der Waals surface area (Å²) in [5, 5.41) is 10.5. The normalized spacial score (nSPS) is 18.6. The summed E-state index contributed by atoms with van der Waals surface area (Å²) in [5.41, 5.74) is 1.07. The second kappa shape index (κ2) is 12.2. The highest BCUT2D eigenvalue weighted by atomic mass is 127. The van der Waals surface area contributed by atoms with E-state index in [0.717, 1.165) is 37.6 Å². The van der Waals surface area contributed by atoms with Crippen molar-refractivity contribution in [1.82, 2.24) is 25.3 Å². The van der Waals surface area contributed by atoms with Crippen molar-refractivity contribution in [2.75, 3.05) is 32.8 Å². The third-order valence-corrected chi connectivity index (χ3v) is 4.42. The van der Waals surface area contributed by atoms with Crippen LogP contribution < -0.4 is 10.6 Å². The number of morpholine rings is 1. The Labute approximate surface area is 179 Å². The van der Waals surface area contributed by atoms with Gasteiger partial charge in [-0.15, -0.1) is 24.0 Å². The molecule has 2 atom stereocenters. The molecule has 0 bridgehead atoms. The van der Waals surface area contributed by atoms with Crippen molar-refractivity contribution in [2.45, 2.75) is 45.8 Å². The average Bonchev–Trinajstić information content (AvgIpc) is 3.07. The molecule has 0 aliphatic carbocycles. The molecule has 2 rings (SSSR count). The maximum atomic E-state index is 11.9. The first-order chi connectivity index (χ1) is 12.5. The maximum Gasteiger partial charge on any atom is 0.222 e. The van der Waals surface area contributed by atoms with Crippen LogP contribution in [0, 0.1) is 0 Å². The third-order valence-electron chi connectivity index (χ3n) is 4.42. The number of nitrogens with zero attached hydrogens (tertiary/aromatic N) is 4. The second-order valence-corrected chi connectivity index (χ2v) is 6.62. The standard InChI is InChI=1S/C18H32N6O2.HI/c1-5-14(3)22-17(25)7-8-20-18(19-6-2)24-9-10-26-16(13-24)15-11-21-23(4)12-15;/h11-12,14,16H,5-10,13H2,1-4H3,(H,19,20)(H,22,25);1H. The Balaban J connectivity index is 0.00000364. The number of aromatic nitrogens is 2. The molecule has 1 aliphatic rings. The Bertz CT molecular complexity index is 606. The fourth-order valence-electron chi connectivity index (χ4n) is 2.79. The number of halogens is 1. The van der Waals surface area contributed by atoms with Gasteiger partial charge in [0, 0.05) is 44.4 Å². The molecule has 1 aliphatic heterocycles. The SMILES string of the molecule is CCNC(=NCCC(=O)NC(C)CC)N1CCOC(c2cnn(C)c2)C1.I. The van der Waals surface area contributed by atoms with Gasteiger partial charge in [0.1, 0.15) is 6.10 Å². The number of hydrogen-bond acceptors (Lipinski definition) is 4. The monoisotopic (exact) mass is 492 g/mol. The predicted molar refractivity (Wildman–Crippen MR) is 117 cm³/mol. The number of amides is 1. The van der Waals surface area contributed by atoms with Crippen LogP contribution in [0.2, 0.25) is 0 Å². The molecule has 0 aromatic carbocycles. The van der Waals surface area contributed by atoms with E-state index in [1.807, 2.05) is 33.3 Å². The largest absolute Gasteiger partial charge is 0.370 e. The molecule has 2 heterocycles. The van der Waals surface area contributed by atoms with E-state index in [1.165, 1.54) is 0 Å². The van der Waals surface area contributed by atoms with Crippen LogP contribution in [0.4, 0.5) is 0 Å². The molecule has 0 radical (unpaired) electrons. The van der Waals surface area contributed by atoms with Gasteiger partial charge in [-0.1, -0.05) is 6.92 Å². The predicted octanol–water partition coefficient (Wildman–Crippen LogP) is 1.68. The van der Waals surface area contributed by atoms with Crippen LogP contribution in [0.5, 0.6) is 0 Å². The summed E-state index contributed by atoms with van der Waals surface area (Å²) in [4.78, 5) is 18.8. The van der Waals surface area contributed by atoms with E-state index < -0.39 is 0 Å². The number of ether oxygens (including phenoxy) is 1. The van der Waals surface area contributed by atoms with Crippen LogP contribution in [0.3, 0.4) is 0 Å². The van der Waals surface area contributed by atoms with E-state index in [-0.39, 0.29) is 42.0 Å². The van der Waals surface area contributed by atoms with Gasteiger partial charge in [0.15, 0.2) is 5.96 Å². The Morgan fingerprint density at radius 3 is 2.89 bits per heavy atom. The molecular weight excluding hydrogens is 459 g/mol. The van der Waals surface area contributed by atoms with Crippen molar-refractivity contribution >= 4 is 35.8 Å². The zero-order valence-corrected chi connectivity index (χ0v) is 19.1. The van der Waals surface area contributed by atoms with Gasteiger partial charge in [-0.25, -0.2) is 0 Å². The molecular formula is C18H33IN6O2. The van der Waals surface area contributed by atoms with Crippen molar-refractivity contribution in [1.29, 1.82) is 0 Å². The summed E-state index contributed by atoms with van der Waals surface area (Å²) in [6, 6.07) is 0.208. The summed E-state index contributed by atoms with van der Waals surface area (Å²) in [7, 11) is 1.90. The molecule has 1 amide bonds. The minimum atomic E-state index is -0.0185. The molecule has 1 fully saturated rings. The third kappa shape index (κ3) is 7.65. The molecule has 1 aromatic heterocycles. The molecule has 27 heavy (non-hydrogen) atoms. The smallest absolute Gasteiger partial charge is 0.222 e. The van der Waals surface area contributed by atoms with Crippen molar-refractivity contribution in [3.8, 4) is 0 Å². The fraction of sp³-hybridized carbons (Fsp3) is 0.722. The first kappa shape index (κ1) is 23.7. The van der Waals surface area contributed by atoms with Gasteiger partial charge < -0.3 is 20.3 Å². The van der Waals surface area contributed by atoms with Crippen molar-refractivity contribution < 1.29 is 9.53 Å². The summed E-state index contributed by atoms with van der Waals surface area (Å²) in [6.45, 7) is 9.51. The lowest BCUT2D eigenvalue weighted by atomic mass is 10.1. The van der Waals surface area contributed by atoms with Crippen LogP contribution in [0.15, 0.2) is 17.4 Å². The van der Waals surface area contributed by atoms with Gasteiger partial charge >= 0.3 is 0 Å². The Morgan fingerprint density at radius 1 is 1.48 bits per heavy atom. The molecule has 1 aromatic rings. The Kier molecular flexibility index (Phi) is 10.7. The second-order valence-electron chi connectivity index (χ2n) is 6.62. The first-order valence-corrected chi connectivity index (χ1v) is 9.46. The highest BCUT2D eigenvalue weighted by Crippen LogP contribution is 2.21. The number of carbonyl (C=O) groups excluding carboxylic acids is 1. The van der Waals surface area contributed by atoms with Gasteiger partial charge in [0.05, 0.1) is 25.9 Å². The number of rotatable bonds is 7. The molecule has 2 unspecified atom stereocenters. The first-order valence-electron chi connectivity index (χ1n) is 9.46. The Morgan fingerprint density at radius 2 is 2.26 bits per heavy atom. The summed E-state index contributed by atoms with van der Waals surface area (Å²) in [6.07, 6.45) is 5.14. The summed E-state index contributed by atoms with van der Waals surface area (Å²) in [5.74, 6) is 0.884. The van der Waals surface area contributed by atoms with E-state index in [0.29, 0.717) is 19.6 Å². The lowest BCUT2D eigenvalue weighted by Crippen LogP contribution is -2.48. The quantitative estimate of drug-likeness (QED) is 0.344. The number of carbonyl (C=O) groups is 1. The summed E-state index contributed by atoms with van der Waals surface area (Å²) >= 11 is 0. The van der Waals surface area contributed by atoms with Crippen LogP contribution >= 0.6 is 24.0 Å². The molecule has 0 spiro atoms. The highest BCUT2D eigenvalue weighted by Gasteiger charge is 2.25. The van der Waals surface area contributed by atoms with E-state index >= 15 is 0 Å². The topological polar surface area (TPSA) is 83.8 Å². The lowest BCUT2D eigenvalue weighted by molar-refractivity contribution is -0.121.